The number of rotatable bonds is 2. The number of nitrogens with one attached hydrogen (secondary N) is 1. The summed E-state index contributed by atoms with van der Waals surface area (Å²) in [7, 11) is 0. The van der Waals surface area contributed by atoms with E-state index in [1.54, 1.807) is 6.07 Å². The summed E-state index contributed by atoms with van der Waals surface area (Å²) in [6, 6.07) is 15.2. The van der Waals surface area contributed by atoms with Crippen molar-refractivity contribution in [1.82, 2.24) is 0 Å². The number of carboxylic acid groups (broad SMARTS) is 1. The molecule has 0 aliphatic carbocycles. The van der Waals surface area contributed by atoms with Crippen LogP contribution < -0.4 is 5.32 Å². The van der Waals surface area contributed by atoms with Gasteiger partial charge < -0.3 is 5.11 Å². The molecule has 86 valence electrons. The molecule has 0 atom stereocenters. The molecule has 2 aromatic rings. The van der Waals surface area contributed by atoms with Crippen molar-refractivity contribution in [2.24, 2.45) is 0 Å². The average Bonchev–Trinajstić information content (AvgIpc) is 2.29. The van der Waals surface area contributed by atoms with E-state index in [2.05, 4.69) is 21.2 Å². The summed E-state index contributed by atoms with van der Waals surface area (Å²) in [6.45, 7) is 0. The van der Waals surface area contributed by atoms with Gasteiger partial charge in [0.1, 0.15) is 0 Å². The van der Waals surface area contributed by atoms with Gasteiger partial charge in [0.15, 0.2) is 0 Å². The van der Waals surface area contributed by atoms with Crippen molar-refractivity contribution >= 4 is 27.7 Å². The van der Waals surface area contributed by atoms with Gasteiger partial charge in [-0.15, -0.1) is 0 Å². The minimum absolute atomic E-state index is 0.568. The van der Waals surface area contributed by atoms with E-state index in [9.17, 15) is 4.79 Å². The Morgan fingerprint density at radius 2 is 1.82 bits per heavy atom. The number of anilines is 1. The van der Waals surface area contributed by atoms with Crippen LogP contribution in [0.5, 0.6) is 0 Å². The van der Waals surface area contributed by atoms with E-state index in [0.29, 0.717) is 5.69 Å². The van der Waals surface area contributed by atoms with Gasteiger partial charge in [0, 0.05) is 10.0 Å². The van der Waals surface area contributed by atoms with Crippen LogP contribution in [0.4, 0.5) is 10.5 Å². The first-order valence-corrected chi connectivity index (χ1v) is 5.81. The SMILES string of the molecule is O=C(O)Nc1cc(Br)ccc1-c1ccccc1. The first kappa shape index (κ1) is 11.7. The quantitative estimate of drug-likeness (QED) is 0.871. The van der Waals surface area contributed by atoms with Crippen molar-refractivity contribution in [3.05, 3.63) is 53.0 Å². The Labute approximate surface area is 107 Å². The minimum atomic E-state index is -1.07. The maximum absolute atomic E-state index is 10.7. The molecule has 0 unspecified atom stereocenters. The topological polar surface area (TPSA) is 49.3 Å². The number of hydrogen-bond donors (Lipinski definition) is 2. The van der Waals surface area contributed by atoms with Crippen molar-refractivity contribution in [1.29, 1.82) is 0 Å². The standard InChI is InChI=1S/C13H10BrNO2/c14-10-6-7-11(9-4-2-1-3-5-9)12(8-10)15-13(16)17/h1-8,15H,(H,16,17). The Morgan fingerprint density at radius 1 is 1.12 bits per heavy atom. The van der Waals surface area contributed by atoms with Crippen molar-refractivity contribution < 1.29 is 9.90 Å². The Hall–Kier alpha value is -1.81. The van der Waals surface area contributed by atoms with Crippen molar-refractivity contribution in [3.63, 3.8) is 0 Å². The lowest BCUT2D eigenvalue weighted by Crippen LogP contribution is -2.08. The summed E-state index contributed by atoms with van der Waals surface area (Å²) in [5.41, 5.74) is 2.40. The molecule has 0 radical (unpaired) electrons. The number of benzene rings is 2. The largest absolute Gasteiger partial charge is 0.465 e. The van der Waals surface area contributed by atoms with Crippen LogP contribution in [-0.4, -0.2) is 11.2 Å². The zero-order chi connectivity index (χ0) is 12.3. The molecule has 4 heteroatoms. The molecule has 0 aliphatic rings. The van der Waals surface area contributed by atoms with Crippen LogP contribution in [0.3, 0.4) is 0 Å². The second kappa shape index (κ2) is 5.01. The lowest BCUT2D eigenvalue weighted by atomic mass is 10.0. The Kier molecular flexibility index (Phi) is 3.44. The van der Waals surface area contributed by atoms with Gasteiger partial charge in [-0.3, -0.25) is 5.32 Å². The molecule has 3 nitrogen and oxygen atoms in total. The predicted molar refractivity (Wildman–Crippen MR) is 71.2 cm³/mol. The minimum Gasteiger partial charge on any atom is -0.465 e. The van der Waals surface area contributed by atoms with Crippen LogP contribution in [0.2, 0.25) is 0 Å². The Bertz CT molecular complexity index is 540. The lowest BCUT2D eigenvalue weighted by molar-refractivity contribution is 0.210. The van der Waals surface area contributed by atoms with Gasteiger partial charge in [0.25, 0.3) is 0 Å². The van der Waals surface area contributed by atoms with Gasteiger partial charge in [-0.1, -0.05) is 52.3 Å². The molecule has 0 saturated carbocycles. The van der Waals surface area contributed by atoms with Crippen molar-refractivity contribution in [3.8, 4) is 11.1 Å². The monoisotopic (exact) mass is 291 g/mol. The molecule has 0 heterocycles. The highest BCUT2D eigenvalue weighted by molar-refractivity contribution is 9.10. The molecule has 2 aromatic carbocycles. The van der Waals surface area contributed by atoms with Gasteiger partial charge in [0.2, 0.25) is 0 Å². The van der Waals surface area contributed by atoms with Crippen LogP contribution >= 0.6 is 15.9 Å². The van der Waals surface area contributed by atoms with Crippen molar-refractivity contribution in [2.75, 3.05) is 5.32 Å². The van der Waals surface area contributed by atoms with E-state index >= 15 is 0 Å². The van der Waals surface area contributed by atoms with Crippen LogP contribution in [-0.2, 0) is 0 Å². The van der Waals surface area contributed by atoms with Crippen LogP contribution in [0.1, 0.15) is 0 Å². The van der Waals surface area contributed by atoms with Gasteiger partial charge in [0.05, 0.1) is 5.69 Å². The van der Waals surface area contributed by atoms with E-state index < -0.39 is 6.09 Å². The van der Waals surface area contributed by atoms with E-state index in [4.69, 9.17) is 5.11 Å². The zero-order valence-corrected chi connectivity index (χ0v) is 10.4. The van der Waals surface area contributed by atoms with E-state index in [-0.39, 0.29) is 0 Å². The van der Waals surface area contributed by atoms with Crippen LogP contribution in [0, 0.1) is 0 Å². The highest BCUT2D eigenvalue weighted by Gasteiger charge is 2.07. The normalized spacial score (nSPS) is 9.94. The Morgan fingerprint density at radius 3 is 2.47 bits per heavy atom. The van der Waals surface area contributed by atoms with Gasteiger partial charge >= 0.3 is 6.09 Å². The summed E-state index contributed by atoms with van der Waals surface area (Å²) < 4.78 is 0.834. The van der Waals surface area contributed by atoms with Crippen LogP contribution in [0.15, 0.2) is 53.0 Å². The highest BCUT2D eigenvalue weighted by atomic mass is 79.9. The summed E-state index contributed by atoms with van der Waals surface area (Å²) in [5, 5.41) is 11.2. The number of halogens is 1. The molecular formula is C13H10BrNO2. The fourth-order valence-corrected chi connectivity index (χ4v) is 1.97. The van der Waals surface area contributed by atoms with Gasteiger partial charge in [-0.25, -0.2) is 4.79 Å². The molecule has 2 rings (SSSR count). The molecule has 17 heavy (non-hydrogen) atoms. The third-order valence-electron chi connectivity index (χ3n) is 2.31. The summed E-state index contributed by atoms with van der Waals surface area (Å²) >= 11 is 3.33. The van der Waals surface area contributed by atoms with E-state index in [1.165, 1.54) is 0 Å². The fourth-order valence-electron chi connectivity index (χ4n) is 1.60. The average molecular weight is 292 g/mol. The maximum atomic E-state index is 10.7. The number of amides is 1. The van der Waals surface area contributed by atoms with E-state index in [0.717, 1.165) is 15.6 Å². The van der Waals surface area contributed by atoms with E-state index in [1.807, 2.05) is 42.5 Å². The second-order valence-corrected chi connectivity index (χ2v) is 4.40. The molecule has 0 saturated heterocycles. The molecule has 0 bridgehead atoms. The summed E-state index contributed by atoms with van der Waals surface area (Å²) in [6.07, 6.45) is -1.07. The first-order chi connectivity index (χ1) is 8.16. The molecule has 2 N–H and O–H groups in total. The van der Waals surface area contributed by atoms with Gasteiger partial charge in [-0.05, 0) is 17.7 Å². The molecule has 0 aliphatic heterocycles. The van der Waals surface area contributed by atoms with Crippen LogP contribution in [0.25, 0.3) is 11.1 Å². The second-order valence-electron chi connectivity index (χ2n) is 3.49. The predicted octanol–water partition coefficient (Wildman–Crippen LogP) is 4.21. The smallest absolute Gasteiger partial charge is 0.409 e. The lowest BCUT2D eigenvalue weighted by Gasteiger charge is -2.09. The van der Waals surface area contributed by atoms with Gasteiger partial charge in [-0.2, -0.15) is 0 Å². The van der Waals surface area contributed by atoms with Crippen molar-refractivity contribution in [2.45, 2.75) is 0 Å². The first-order valence-electron chi connectivity index (χ1n) is 5.02. The third kappa shape index (κ3) is 2.85. The molecule has 0 spiro atoms. The zero-order valence-electron chi connectivity index (χ0n) is 8.85. The summed E-state index contributed by atoms with van der Waals surface area (Å²) in [4.78, 5) is 10.7. The summed E-state index contributed by atoms with van der Waals surface area (Å²) in [5.74, 6) is 0. The highest BCUT2D eigenvalue weighted by Crippen LogP contribution is 2.30. The maximum Gasteiger partial charge on any atom is 0.409 e. The number of hydrogen-bond acceptors (Lipinski definition) is 1. The molecular weight excluding hydrogens is 282 g/mol. The Balaban J connectivity index is 2.50. The molecule has 0 fully saturated rings. The third-order valence-corrected chi connectivity index (χ3v) is 2.80. The molecule has 1 amide bonds. The number of carbonyl (C=O) groups is 1. The molecule has 0 aromatic heterocycles. The fraction of sp³-hybridized carbons (Fsp3) is 0.